The monoisotopic (exact) mass is 334 g/mol. The lowest BCUT2D eigenvalue weighted by atomic mass is 9.88. The molecule has 0 aromatic heterocycles. The maximum atomic E-state index is 13.4. The van der Waals surface area contributed by atoms with Crippen LogP contribution >= 0.6 is 11.6 Å². The van der Waals surface area contributed by atoms with Gasteiger partial charge >= 0.3 is 0 Å². The molecule has 0 bridgehead atoms. The summed E-state index contributed by atoms with van der Waals surface area (Å²) < 4.78 is 19.0. The number of hydrogen-bond acceptors (Lipinski definition) is 4. The fourth-order valence-corrected chi connectivity index (χ4v) is 2.33. The number of halogens is 2. The number of ether oxygens (including phenoxy) is 1. The second kappa shape index (κ2) is 7.23. The van der Waals surface area contributed by atoms with Crippen LogP contribution < -0.4 is 0 Å². The molecule has 1 saturated heterocycles. The Hall–Kier alpha value is -0.720. The van der Waals surface area contributed by atoms with Crippen molar-refractivity contribution in [1.82, 2.24) is 0 Å². The van der Waals surface area contributed by atoms with E-state index in [0.29, 0.717) is 5.56 Å². The molecular weight excluding hydrogens is 311 g/mol. The van der Waals surface area contributed by atoms with Gasteiger partial charge in [0.05, 0.1) is 17.2 Å². The summed E-state index contributed by atoms with van der Waals surface area (Å²) >= 11 is 5.63. The van der Waals surface area contributed by atoms with E-state index in [4.69, 9.17) is 26.6 Å². The predicted octanol–water partition coefficient (Wildman–Crippen LogP) is 2.96. The van der Waals surface area contributed by atoms with Crippen molar-refractivity contribution in [2.75, 3.05) is 0 Å². The lowest BCUT2D eigenvalue weighted by Gasteiger charge is -2.30. The minimum absolute atomic E-state index is 0.0604. The summed E-state index contributed by atoms with van der Waals surface area (Å²) in [6.45, 7) is 6.22. The van der Waals surface area contributed by atoms with Gasteiger partial charge in [-0.25, -0.2) is 4.39 Å². The Kier molecular flexibility index (Phi) is 6.36. The van der Waals surface area contributed by atoms with Crippen LogP contribution in [-0.4, -0.2) is 33.3 Å². The van der Waals surface area contributed by atoms with Gasteiger partial charge in [-0.1, -0.05) is 17.7 Å². The molecular formula is C16H24ClFO4. The van der Waals surface area contributed by atoms with E-state index >= 15 is 0 Å². The van der Waals surface area contributed by atoms with Gasteiger partial charge < -0.3 is 20.1 Å². The van der Waals surface area contributed by atoms with E-state index < -0.39 is 17.2 Å². The smallest absolute Gasteiger partial charge is 0.156 e. The molecule has 4 nitrogen and oxygen atoms in total. The topological polar surface area (TPSA) is 69.9 Å². The minimum atomic E-state index is -1.50. The van der Waals surface area contributed by atoms with Gasteiger partial charge in [-0.2, -0.15) is 0 Å². The molecule has 0 radical (unpaired) electrons. The Morgan fingerprint density at radius 3 is 2.14 bits per heavy atom. The summed E-state index contributed by atoms with van der Waals surface area (Å²) in [7, 11) is 0. The van der Waals surface area contributed by atoms with Gasteiger partial charge in [0.25, 0.3) is 0 Å². The molecule has 1 aromatic rings. The highest BCUT2D eigenvalue weighted by atomic mass is 35.5. The van der Waals surface area contributed by atoms with Crippen LogP contribution in [0.5, 0.6) is 0 Å². The van der Waals surface area contributed by atoms with Crippen molar-refractivity contribution < 1.29 is 24.4 Å². The van der Waals surface area contributed by atoms with Gasteiger partial charge in [0.15, 0.2) is 5.79 Å². The third-order valence-corrected chi connectivity index (χ3v) is 3.67. The molecule has 2 unspecified atom stereocenters. The number of benzene rings is 1. The average Bonchev–Trinajstić information content (AvgIpc) is 2.78. The van der Waals surface area contributed by atoms with E-state index in [9.17, 15) is 9.50 Å². The molecule has 3 atom stereocenters. The second-order valence-electron chi connectivity index (χ2n) is 6.28. The first-order valence-electron chi connectivity index (χ1n) is 7.19. The Morgan fingerprint density at radius 2 is 1.73 bits per heavy atom. The van der Waals surface area contributed by atoms with E-state index in [-0.39, 0.29) is 17.2 Å². The van der Waals surface area contributed by atoms with Crippen LogP contribution in [0.3, 0.4) is 0 Å². The molecule has 0 saturated carbocycles. The van der Waals surface area contributed by atoms with Gasteiger partial charge in [0, 0.05) is 0 Å². The molecule has 6 heteroatoms. The number of hydrogen-bond donors (Lipinski definition) is 3. The Bertz CT molecular complexity index is 493. The Labute approximate surface area is 135 Å². The van der Waals surface area contributed by atoms with Crippen molar-refractivity contribution in [3.63, 3.8) is 0 Å². The molecule has 1 aliphatic rings. The molecule has 1 fully saturated rings. The third kappa shape index (κ3) is 5.82. The van der Waals surface area contributed by atoms with Gasteiger partial charge in [0.2, 0.25) is 0 Å². The van der Waals surface area contributed by atoms with E-state index in [0.717, 1.165) is 12.8 Å². The van der Waals surface area contributed by atoms with Crippen LogP contribution in [0.2, 0.25) is 5.02 Å². The summed E-state index contributed by atoms with van der Waals surface area (Å²) in [5, 5.41) is 26.7. The molecule has 2 rings (SSSR count). The molecule has 0 spiro atoms. The molecule has 1 aromatic carbocycles. The predicted molar refractivity (Wildman–Crippen MR) is 83.1 cm³/mol. The van der Waals surface area contributed by atoms with Gasteiger partial charge in [-0.05, 0) is 58.2 Å². The van der Waals surface area contributed by atoms with E-state index in [2.05, 4.69) is 0 Å². The van der Waals surface area contributed by atoms with Crippen molar-refractivity contribution in [1.29, 1.82) is 0 Å². The first kappa shape index (κ1) is 19.3. The molecule has 1 heterocycles. The van der Waals surface area contributed by atoms with Crippen LogP contribution in [-0.2, 0) is 10.3 Å². The summed E-state index contributed by atoms with van der Waals surface area (Å²) in [4.78, 5) is 0. The highest BCUT2D eigenvalue weighted by Crippen LogP contribution is 2.35. The highest BCUT2D eigenvalue weighted by molar-refractivity contribution is 6.30. The minimum Gasteiger partial charge on any atom is -0.383 e. The van der Waals surface area contributed by atoms with Crippen LogP contribution in [0.15, 0.2) is 18.2 Å². The Balaban J connectivity index is 0.000000422. The van der Waals surface area contributed by atoms with Crippen molar-refractivity contribution in [2.45, 2.75) is 64.1 Å². The van der Waals surface area contributed by atoms with Crippen LogP contribution in [0.1, 0.15) is 46.1 Å². The number of aliphatic hydroxyl groups is 3. The molecule has 22 heavy (non-hydrogen) atoms. The fourth-order valence-electron chi connectivity index (χ4n) is 2.21. The van der Waals surface area contributed by atoms with Crippen LogP contribution in [0, 0.1) is 5.82 Å². The van der Waals surface area contributed by atoms with Gasteiger partial charge in [-0.15, -0.1) is 0 Å². The molecule has 1 aliphatic heterocycles. The largest absolute Gasteiger partial charge is 0.383 e. The van der Waals surface area contributed by atoms with E-state index in [1.165, 1.54) is 26.0 Å². The quantitative estimate of drug-likeness (QED) is 0.727. The summed E-state index contributed by atoms with van der Waals surface area (Å²) in [6.07, 6.45) is 1.54. The lowest BCUT2D eigenvalue weighted by Crippen LogP contribution is -2.36. The van der Waals surface area contributed by atoms with Crippen molar-refractivity contribution in [3.8, 4) is 0 Å². The normalized spacial score (nSPS) is 24.4. The average molecular weight is 335 g/mol. The molecule has 0 aliphatic carbocycles. The zero-order chi connectivity index (χ0) is 17.1. The van der Waals surface area contributed by atoms with E-state index in [1.54, 1.807) is 13.0 Å². The van der Waals surface area contributed by atoms with Crippen molar-refractivity contribution in [2.24, 2.45) is 0 Å². The van der Waals surface area contributed by atoms with Gasteiger partial charge in [0.1, 0.15) is 11.4 Å². The summed E-state index contributed by atoms with van der Waals surface area (Å²) in [6, 6.07) is 4.37. The molecule has 126 valence electrons. The first-order valence-corrected chi connectivity index (χ1v) is 7.57. The standard InChI is InChI=1S/C13H16ClFO2.C3H8O2/c1-8-3-6-12(17-8)13(2,16)9-4-5-10(14)11(15)7-9;1-3(2,4)5/h4-5,7-8,12,16H,3,6H2,1-2H3;4-5H,1-2H3/t8?,12?,13-;/m1./s1. The zero-order valence-electron chi connectivity index (χ0n) is 13.3. The molecule has 0 amide bonds. The summed E-state index contributed by atoms with van der Waals surface area (Å²) in [5.74, 6) is -2.02. The first-order chi connectivity index (χ1) is 9.91. The highest BCUT2D eigenvalue weighted by Gasteiger charge is 2.39. The van der Waals surface area contributed by atoms with E-state index in [1.807, 2.05) is 6.92 Å². The van der Waals surface area contributed by atoms with Gasteiger partial charge in [-0.3, -0.25) is 0 Å². The van der Waals surface area contributed by atoms with Crippen LogP contribution in [0.25, 0.3) is 0 Å². The third-order valence-electron chi connectivity index (χ3n) is 3.36. The Morgan fingerprint density at radius 1 is 1.18 bits per heavy atom. The van der Waals surface area contributed by atoms with Crippen molar-refractivity contribution >= 4 is 11.6 Å². The van der Waals surface area contributed by atoms with Crippen molar-refractivity contribution in [3.05, 3.63) is 34.6 Å². The fraction of sp³-hybridized carbons (Fsp3) is 0.625. The lowest BCUT2D eigenvalue weighted by molar-refractivity contribution is -0.127. The second-order valence-corrected chi connectivity index (χ2v) is 6.69. The van der Waals surface area contributed by atoms with Crippen LogP contribution in [0.4, 0.5) is 4.39 Å². The maximum Gasteiger partial charge on any atom is 0.156 e. The SMILES string of the molecule is CC(C)(O)O.CC1CCC([C@](C)(O)c2ccc(Cl)c(F)c2)O1. The summed E-state index contributed by atoms with van der Waals surface area (Å²) in [5.41, 5.74) is -0.686. The molecule has 3 N–H and O–H groups in total. The number of rotatable bonds is 2. The zero-order valence-corrected chi connectivity index (χ0v) is 14.1. The maximum absolute atomic E-state index is 13.4.